The van der Waals surface area contributed by atoms with Crippen LogP contribution in [0, 0.1) is 11.6 Å². The van der Waals surface area contributed by atoms with Crippen LogP contribution in [-0.2, 0) is 28.4 Å². The molecule has 0 spiro atoms. The first-order valence-electron chi connectivity index (χ1n) is 10.3. The molecule has 36 heavy (non-hydrogen) atoms. The van der Waals surface area contributed by atoms with Crippen LogP contribution >= 0.6 is 11.6 Å². The number of sulfonamides is 1. The third kappa shape index (κ3) is 5.89. The molecular weight excluding hydrogens is 520 g/mol. The van der Waals surface area contributed by atoms with Gasteiger partial charge in [0.1, 0.15) is 18.2 Å². The second kappa shape index (κ2) is 10.5. The van der Waals surface area contributed by atoms with Gasteiger partial charge in [-0.1, -0.05) is 11.6 Å². The van der Waals surface area contributed by atoms with Gasteiger partial charge in [0, 0.05) is 41.6 Å². The minimum Gasteiger partial charge on any atom is -0.445 e. The molecule has 3 aromatic rings. The number of hydrogen-bond acceptors (Lipinski definition) is 6. The maximum Gasteiger partial charge on any atom is 0.404 e. The van der Waals surface area contributed by atoms with E-state index in [0.717, 1.165) is 41.0 Å². The number of halogens is 3. The molecular formula is C23H20ClF2N3O6S. The number of nitrogens with two attached hydrogens (primary N) is 1. The summed E-state index contributed by atoms with van der Waals surface area (Å²) < 4.78 is 60.9. The van der Waals surface area contributed by atoms with Crippen LogP contribution in [0.15, 0.2) is 47.4 Å². The number of hydrogen-bond donors (Lipinski definition) is 2. The highest BCUT2D eigenvalue weighted by Gasteiger charge is 2.24. The van der Waals surface area contributed by atoms with Gasteiger partial charge in [0.2, 0.25) is 10.0 Å². The molecule has 0 atom stereocenters. The molecule has 0 radical (unpaired) electrons. The van der Waals surface area contributed by atoms with Crippen molar-refractivity contribution in [3.05, 3.63) is 86.3 Å². The molecule has 3 N–H and O–H groups in total. The fraction of sp³-hybridized carbons (Fsp3) is 0.174. The van der Waals surface area contributed by atoms with E-state index in [1.165, 1.54) is 20.2 Å². The number of pyridine rings is 1. The van der Waals surface area contributed by atoms with Crippen molar-refractivity contribution in [2.24, 2.45) is 12.8 Å². The Kier molecular flexibility index (Phi) is 7.80. The SMILES string of the molecule is CCS(=O)(=O)Nc1cc(-c2cn(C)c(=O)cc2COC(N)=O)c(C(=O)c2ccc(F)cc2Cl)cc1F. The highest BCUT2D eigenvalue weighted by Crippen LogP contribution is 2.34. The molecule has 1 heterocycles. The van der Waals surface area contributed by atoms with E-state index >= 15 is 4.39 Å². The Morgan fingerprint density at radius 2 is 1.81 bits per heavy atom. The van der Waals surface area contributed by atoms with Crippen molar-refractivity contribution >= 4 is 39.2 Å². The number of anilines is 1. The van der Waals surface area contributed by atoms with Crippen LogP contribution in [0.5, 0.6) is 0 Å². The summed E-state index contributed by atoms with van der Waals surface area (Å²) in [7, 11) is -2.51. The lowest BCUT2D eigenvalue weighted by atomic mass is 9.91. The number of aryl methyl sites for hydroxylation is 1. The van der Waals surface area contributed by atoms with Gasteiger partial charge in [-0.15, -0.1) is 0 Å². The fourth-order valence-electron chi connectivity index (χ4n) is 3.30. The summed E-state index contributed by atoms with van der Waals surface area (Å²) in [6.45, 7) is 0.876. The molecule has 0 saturated heterocycles. The molecule has 13 heteroatoms. The van der Waals surface area contributed by atoms with Crippen molar-refractivity contribution in [2.75, 3.05) is 10.5 Å². The molecule has 3 rings (SSSR count). The molecule has 0 aliphatic heterocycles. The number of primary amides is 1. The van der Waals surface area contributed by atoms with Gasteiger partial charge in [-0.2, -0.15) is 0 Å². The van der Waals surface area contributed by atoms with Gasteiger partial charge >= 0.3 is 6.09 Å². The lowest BCUT2D eigenvalue weighted by Crippen LogP contribution is -2.20. The maximum absolute atomic E-state index is 15.0. The van der Waals surface area contributed by atoms with E-state index in [4.69, 9.17) is 22.1 Å². The van der Waals surface area contributed by atoms with Crippen LogP contribution < -0.4 is 16.0 Å². The third-order valence-corrected chi connectivity index (χ3v) is 6.75. The predicted molar refractivity (Wildman–Crippen MR) is 129 cm³/mol. The zero-order valence-electron chi connectivity index (χ0n) is 19.0. The Labute approximate surface area is 209 Å². The highest BCUT2D eigenvalue weighted by molar-refractivity contribution is 7.92. The summed E-state index contributed by atoms with van der Waals surface area (Å²) >= 11 is 6.05. The molecule has 0 unspecified atom stereocenters. The second-order valence-corrected chi connectivity index (χ2v) is 10.0. The van der Waals surface area contributed by atoms with Crippen molar-refractivity contribution in [1.82, 2.24) is 4.57 Å². The second-order valence-electron chi connectivity index (χ2n) is 7.61. The van der Waals surface area contributed by atoms with E-state index in [1.54, 1.807) is 0 Å². The Balaban J connectivity index is 2.34. The largest absolute Gasteiger partial charge is 0.445 e. The van der Waals surface area contributed by atoms with E-state index in [2.05, 4.69) is 4.72 Å². The monoisotopic (exact) mass is 539 g/mol. The number of ether oxygens (including phenoxy) is 1. The molecule has 1 aromatic heterocycles. The minimum atomic E-state index is -3.92. The maximum atomic E-state index is 15.0. The van der Waals surface area contributed by atoms with E-state index in [-0.39, 0.29) is 38.6 Å². The Hall–Kier alpha value is -3.77. The molecule has 0 bridgehead atoms. The molecule has 190 valence electrons. The average Bonchev–Trinajstić information content (AvgIpc) is 2.80. The van der Waals surface area contributed by atoms with Crippen molar-refractivity contribution in [2.45, 2.75) is 13.5 Å². The van der Waals surface area contributed by atoms with Crippen LogP contribution in [0.4, 0.5) is 19.3 Å². The summed E-state index contributed by atoms with van der Waals surface area (Å²) in [6, 6.07) is 6.02. The molecule has 0 aliphatic carbocycles. The van der Waals surface area contributed by atoms with Gasteiger partial charge in [-0.25, -0.2) is 22.0 Å². The summed E-state index contributed by atoms with van der Waals surface area (Å²) in [6.07, 6.45) is 0.169. The number of benzene rings is 2. The summed E-state index contributed by atoms with van der Waals surface area (Å²) in [5, 5.41) is -0.236. The minimum absolute atomic E-state index is 0.0192. The van der Waals surface area contributed by atoms with Gasteiger partial charge in [0.25, 0.3) is 5.56 Å². The van der Waals surface area contributed by atoms with Gasteiger partial charge in [-0.3, -0.25) is 14.3 Å². The van der Waals surface area contributed by atoms with Crippen molar-refractivity contribution in [3.8, 4) is 11.1 Å². The number of nitrogens with zero attached hydrogens (tertiary/aromatic N) is 1. The Morgan fingerprint density at radius 1 is 1.11 bits per heavy atom. The number of nitrogens with one attached hydrogen (secondary N) is 1. The quantitative estimate of drug-likeness (QED) is 0.420. The van der Waals surface area contributed by atoms with Crippen molar-refractivity contribution < 1.29 is 31.5 Å². The van der Waals surface area contributed by atoms with E-state index in [0.29, 0.717) is 0 Å². The van der Waals surface area contributed by atoms with Crippen LogP contribution in [0.2, 0.25) is 5.02 Å². The smallest absolute Gasteiger partial charge is 0.404 e. The van der Waals surface area contributed by atoms with E-state index in [9.17, 15) is 27.2 Å². The third-order valence-electron chi connectivity index (χ3n) is 5.15. The molecule has 2 aromatic carbocycles. The molecule has 0 saturated carbocycles. The molecule has 1 amide bonds. The Morgan fingerprint density at radius 3 is 2.42 bits per heavy atom. The number of rotatable bonds is 8. The molecule has 0 fully saturated rings. The zero-order valence-corrected chi connectivity index (χ0v) is 20.5. The number of amides is 1. The fourth-order valence-corrected chi connectivity index (χ4v) is 4.19. The number of carbonyl (C=O) groups excluding carboxylic acids is 2. The van der Waals surface area contributed by atoms with Crippen molar-refractivity contribution in [1.29, 1.82) is 0 Å². The number of ketones is 1. The van der Waals surface area contributed by atoms with Gasteiger partial charge < -0.3 is 15.0 Å². The van der Waals surface area contributed by atoms with Crippen LogP contribution in [-0.4, -0.2) is 30.6 Å². The van der Waals surface area contributed by atoms with E-state index < -0.39 is 51.4 Å². The van der Waals surface area contributed by atoms with Crippen LogP contribution in [0.1, 0.15) is 28.4 Å². The number of carbonyl (C=O) groups is 2. The van der Waals surface area contributed by atoms with Crippen LogP contribution in [0.25, 0.3) is 11.1 Å². The van der Waals surface area contributed by atoms with Crippen molar-refractivity contribution in [3.63, 3.8) is 0 Å². The normalized spacial score (nSPS) is 11.2. The zero-order chi connectivity index (χ0) is 26.8. The Bertz CT molecular complexity index is 1540. The molecule has 0 aliphatic rings. The predicted octanol–water partition coefficient (Wildman–Crippen LogP) is 3.57. The van der Waals surface area contributed by atoms with Gasteiger partial charge in [-0.05, 0) is 42.8 Å². The average molecular weight is 540 g/mol. The summed E-state index contributed by atoms with van der Waals surface area (Å²) in [4.78, 5) is 36.8. The standard InChI is InChI=1S/C23H20ClF2N3O6S/c1-3-36(33,34)28-20-9-15(17-10-29(2)21(30)6-12(17)11-35-23(27)32)16(8-19(20)26)22(31)14-5-4-13(25)7-18(14)24/h4-10,28H,3,11H2,1-2H3,(H2,27,32). The lowest BCUT2D eigenvalue weighted by molar-refractivity contribution is 0.103. The van der Waals surface area contributed by atoms with Crippen LogP contribution in [0.3, 0.4) is 0 Å². The topological polar surface area (TPSA) is 138 Å². The first-order valence-corrected chi connectivity index (χ1v) is 12.3. The first kappa shape index (κ1) is 26.8. The van der Waals surface area contributed by atoms with E-state index in [1.807, 2.05) is 0 Å². The van der Waals surface area contributed by atoms with Gasteiger partial charge in [0.05, 0.1) is 16.5 Å². The van der Waals surface area contributed by atoms with Gasteiger partial charge in [0.15, 0.2) is 5.78 Å². The highest BCUT2D eigenvalue weighted by atomic mass is 35.5. The summed E-state index contributed by atoms with van der Waals surface area (Å²) in [5.74, 6) is -2.94. The lowest BCUT2D eigenvalue weighted by Gasteiger charge is -2.17. The molecule has 9 nitrogen and oxygen atoms in total. The number of aromatic nitrogens is 1. The first-order chi connectivity index (χ1) is 16.8. The summed E-state index contributed by atoms with van der Waals surface area (Å²) in [5.41, 5.74) is 3.86.